The molecule has 0 radical (unpaired) electrons. The van der Waals surface area contributed by atoms with Gasteiger partial charge in [-0.25, -0.2) is 9.59 Å². The molecule has 0 bridgehead atoms. The molecule has 0 fully saturated rings. The lowest BCUT2D eigenvalue weighted by molar-refractivity contribution is 0.0725. The lowest BCUT2D eigenvalue weighted by Crippen LogP contribution is -2.27. The van der Waals surface area contributed by atoms with Gasteiger partial charge < -0.3 is 28.4 Å². The summed E-state index contributed by atoms with van der Waals surface area (Å²) in [6.07, 6.45) is 1.88. The van der Waals surface area contributed by atoms with E-state index in [1.165, 1.54) is 22.3 Å². The van der Waals surface area contributed by atoms with Crippen molar-refractivity contribution in [3.8, 4) is 46.0 Å². The molecule has 0 unspecified atom stereocenters. The number of esters is 2. The van der Waals surface area contributed by atoms with Gasteiger partial charge in [0.2, 0.25) is 0 Å². The van der Waals surface area contributed by atoms with Crippen LogP contribution < -0.4 is 28.4 Å². The Morgan fingerprint density at radius 3 is 1.07 bits per heavy atom. The van der Waals surface area contributed by atoms with Crippen LogP contribution in [0, 0.1) is 0 Å². The van der Waals surface area contributed by atoms with Crippen LogP contribution in [0.4, 0.5) is 0 Å². The Labute approximate surface area is 332 Å². The third-order valence-corrected chi connectivity index (χ3v) is 11.2. The number of benzene rings is 6. The van der Waals surface area contributed by atoms with Gasteiger partial charge in [0.05, 0.1) is 25.3 Å². The van der Waals surface area contributed by atoms with E-state index >= 15 is 0 Å². The number of carbonyl (C=O) groups is 2. The molecule has 8 rings (SSSR count). The minimum Gasteiger partial charge on any atom is -0.497 e. The van der Waals surface area contributed by atoms with Gasteiger partial charge in [-0.2, -0.15) is 0 Å². The summed E-state index contributed by atoms with van der Waals surface area (Å²) >= 11 is 0. The van der Waals surface area contributed by atoms with Gasteiger partial charge in [0.1, 0.15) is 46.0 Å². The summed E-state index contributed by atoms with van der Waals surface area (Å²) in [6, 6.07) is 40.6. The first-order valence-corrected chi connectivity index (χ1v) is 18.9. The van der Waals surface area contributed by atoms with E-state index in [0.29, 0.717) is 45.6 Å². The Morgan fingerprint density at radius 2 is 0.719 bits per heavy atom. The Balaban J connectivity index is 1.02. The zero-order valence-corrected chi connectivity index (χ0v) is 32.9. The molecule has 6 aromatic rings. The van der Waals surface area contributed by atoms with Crippen molar-refractivity contribution in [3.05, 3.63) is 167 Å². The fourth-order valence-electron chi connectivity index (χ4n) is 8.64. The first kappa shape index (κ1) is 37.4. The number of carbonyl (C=O) groups excluding carboxylic acids is 2. The van der Waals surface area contributed by atoms with Crippen LogP contribution in [0.15, 0.2) is 133 Å². The highest BCUT2D eigenvalue weighted by Crippen LogP contribution is 2.63. The van der Waals surface area contributed by atoms with Crippen LogP contribution in [0.25, 0.3) is 0 Å². The Bertz CT molecular complexity index is 2270. The largest absolute Gasteiger partial charge is 0.497 e. The lowest BCUT2D eigenvalue weighted by Gasteiger charge is -2.30. The third-order valence-electron chi connectivity index (χ3n) is 11.2. The number of ether oxygens (including phenoxy) is 6. The van der Waals surface area contributed by atoms with E-state index in [1.54, 1.807) is 111 Å². The predicted octanol–water partition coefficient (Wildman–Crippen LogP) is 11.4. The van der Waals surface area contributed by atoms with E-state index in [0.717, 1.165) is 24.3 Å². The minimum atomic E-state index is -0.457. The average molecular weight is 761 g/mol. The maximum Gasteiger partial charge on any atom is 0.343 e. The number of hydrogen-bond donors (Lipinski definition) is 0. The van der Waals surface area contributed by atoms with Crippen molar-refractivity contribution < 1.29 is 38.0 Å². The summed E-state index contributed by atoms with van der Waals surface area (Å²) in [5, 5.41) is 0. The van der Waals surface area contributed by atoms with E-state index < -0.39 is 11.9 Å². The first-order chi connectivity index (χ1) is 27.4. The monoisotopic (exact) mass is 760 g/mol. The van der Waals surface area contributed by atoms with Crippen molar-refractivity contribution in [1.82, 2.24) is 0 Å². The van der Waals surface area contributed by atoms with Crippen LogP contribution in [0.1, 0.15) is 83.5 Å². The van der Waals surface area contributed by atoms with Crippen LogP contribution >= 0.6 is 0 Å². The fraction of sp³-hybridized carbons (Fsp3) is 0.224. The molecule has 8 nitrogen and oxygen atoms in total. The van der Waals surface area contributed by atoms with Crippen molar-refractivity contribution >= 4 is 11.9 Å². The topological polar surface area (TPSA) is 89.5 Å². The molecule has 0 amide bonds. The smallest absolute Gasteiger partial charge is 0.343 e. The van der Waals surface area contributed by atoms with E-state index in [4.69, 9.17) is 28.4 Å². The van der Waals surface area contributed by atoms with Crippen molar-refractivity contribution in [2.24, 2.45) is 0 Å². The van der Waals surface area contributed by atoms with E-state index in [1.807, 2.05) is 12.1 Å². The van der Waals surface area contributed by atoms with Crippen molar-refractivity contribution in [2.45, 2.75) is 56.8 Å². The third kappa shape index (κ3) is 7.31. The minimum absolute atomic E-state index is 0.0788. The standard InChI is InChI=1S/C49H44O8/c1-47(2)29-49(43-27-39(23-25-41(43)47)54-35-11-7-31(8-12-35)45(50)56-37-19-15-33(52-5)16-20-37)30-48(3,4)42-26-24-40(28-44(42)49)55-36-13-9-32(10-14-36)46(51)57-38-21-17-34(53-6)18-22-38/h7-28H,29-30H2,1-6H3. The van der Waals surface area contributed by atoms with E-state index in [2.05, 4.69) is 52.0 Å². The van der Waals surface area contributed by atoms with Crippen molar-refractivity contribution in [2.75, 3.05) is 14.2 Å². The Morgan fingerprint density at radius 1 is 0.404 bits per heavy atom. The van der Waals surface area contributed by atoms with Crippen LogP contribution in [-0.2, 0) is 16.2 Å². The summed E-state index contributed by atoms with van der Waals surface area (Å²) in [6.45, 7) is 9.27. The van der Waals surface area contributed by atoms with Gasteiger partial charge in [-0.1, -0.05) is 39.8 Å². The second kappa shape index (κ2) is 14.5. The second-order valence-corrected chi connectivity index (χ2v) is 16.0. The van der Waals surface area contributed by atoms with Gasteiger partial charge in [0.25, 0.3) is 0 Å². The normalized spacial score (nSPS) is 15.3. The fourth-order valence-corrected chi connectivity index (χ4v) is 8.64. The van der Waals surface area contributed by atoms with Crippen LogP contribution in [0.3, 0.4) is 0 Å². The van der Waals surface area contributed by atoms with E-state index in [9.17, 15) is 9.59 Å². The van der Waals surface area contributed by atoms with Crippen molar-refractivity contribution in [3.63, 3.8) is 0 Å². The SMILES string of the molecule is COc1ccc(OC(=O)c2ccc(Oc3ccc4c(c3)C3(CC4(C)C)CC(C)(C)c4ccc(Oc5ccc(C(=O)Oc6ccc(OC)cc6)cc5)cc43)cc2)cc1. The summed E-state index contributed by atoms with van der Waals surface area (Å²) in [4.78, 5) is 25.7. The number of fused-ring (bicyclic) bond motifs is 4. The molecule has 0 N–H and O–H groups in total. The molecular weight excluding hydrogens is 717 g/mol. The van der Waals surface area contributed by atoms with E-state index in [-0.39, 0.29) is 16.2 Å². The molecule has 1 spiro atoms. The summed E-state index contributed by atoms with van der Waals surface area (Å²) in [7, 11) is 3.17. The van der Waals surface area contributed by atoms with Gasteiger partial charge >= 0.3 is 11.9 Å². The Kier molecular flexibility index (Phi) is 9.52. The maximum atomic E-state index is 12.8. The summed E-state index contributed by atoms with van der Waals surface area (Å²) in [5.74, 6) is 4.01. The summed E-state index contributed by atoms with van der Waals surface area (Å²) in [5.41, 5.74) is 5.53. The Hall–Kier alpha value is -6.54. The molecule has 2 aliphatic rings. The molecular formula is C49H44O8. The second-order valence-electron chi connectivity index (χ2n) is 16.0. The highest BCUT2D eigenvalue weighted by Gasteiger charge is 2.56. The lowest BCUT2D eigenvalue weighted by atomic mass is 9.72. The molecule has 0 heterocycles. The quantitative estimate of drug-likeness (QED) is 0.101. The molecule has 8 heteroatoms. The summed E-state index contributed by atoms with van der Waals surface area (Å²) < 4.78 is 34.3. The molecule has 0 saturated carbocycles. The highest BCUT2D eigenvalue weighted by molar-refractivity contribution is 5.91. The molecule has 0 aliphatic heterocycles. The van der Waals surface area contributed by atoms with Gasteiger partial charge in [0, 0.05) is 5.41 Å². The highest BCUT2D eigenvalue weighted by atomic mass is 16.5. The van der Waals surface area contributed by atoms with Gasteiger partial charge in [-0.05, 0) is 167 Å². The van der Waals surface area contributed by atoms with Gasteiger partial charge in [-0.3, -0.25) is 0 Å². The molecule has 6 aromatic carbocycles. The number of methoxy groups -OCH3 is 2. The first-order valence-electron chi connectivity index (χ1n) is 18.9. The average Bonchev–Trinajstić information content (AvgIpc) is 3.57. The predicted molar refractivity (Wildman–Crippen MR) is 218 cm³/mol. The number of hydrogen-bond acceptors (Lipinski definition) is 8. The maximum absolute atomic E-state index is 12.8. The zero-order chi connectivity index (χ0) is 40.0. The van der Waals surface area contributed by atoms with Gasteiger partial charge in [-0.15, -0.1) is 0 Å². The zero-order valence-electron chi connectivity index (χ0n) is 32.9. The van der Waals surface area contributed by atoms with Crippen LogP contribution in [0.5, 0.6) is 46.0 Å². The molecule has 57 heavy (non-hydrogen) atoms. The molecule has 288 valence electrons. The number of rotatable bonds is 10. The van der Waals surface area contributed by atoms with Crippen LogP contribution in [-0.4, -0.2) is 26.2 Å². The van der Waals surface area contributed by atoms with Crippen LogP contribution in [0.2, 0.25) is 0 Å². The molecule has 0 atom stereocenters. The molecule has 0 saturated heterocycles. The molecule has 0 aromatic heterocycles. The van der Waals surface area contributed by atoms with Crippen molar-refractivity contribution in [1.29, 1.82) is 0 Å². The van der Waals surface area contributed by atoms with Gasteiger partial charge in [0.15, 0.2) is 0 Å². The molecule has 2 aliphatic carbocycles.